The molecule has 1 fully saturated rings. The monoisotopic (exact) mass is 320 g/mol. The Hall–Kier alpha value is -1.44. The molecule has 1 aliphatic carbocycles. The molecule has 0 aromatic carbocycles. The van der Waals surface area contributed by atoms with Gasteiger partial charge >= 0.3 is 12.1 Å². The van der Waals surface area contributed by atoms with Crippen molar-refractivity contribution in [3.63, 3.8) is 0 Å². The fraction of sp³-hybridized carbons (Fsp3) is 0.538. The zero-order valence-electron chi connectivity index (χ0n) is 11.3. The van der Waals surface area contributed by atoms with Crippen LogP contribution in [0.2, 0.25) is 0 Å². The highest BCUT2D eigenvalue weighted by Gasteiger charge is 2.34. The van der Waals surface area contributed by atoms with Crippen LogP contribution in [0.4, 0.5) is 19.0 Å². The lowest BCUT2D eigenvalue weighted by Crippen LogP contribution is -2.28. The zero-order chi connectivity index (χ0) is 15.6. The lowest BCUT2D eigenvalue weighted by molar-refractivity contribution is -0.141. The lowest BCUT2D eigenvalue weighted by atomic mass is 10.2. The number of halogens is 3. The number of carbonyl (C=O) groups is 1. The fourth-order valence-corrected chi connectivity index (χ4v) is 3.38. The summed E-state index contributed by atoms with van der Waals surface area (Å²) in [6.45, 7) is 0. The van der Waals surface area contributed by atoms with E-state index in [-0.39, 0.29) is 22.7 Å². The van der Waals surface area contributed by atoms with Crippen LogP contribution >= 0.6 is 11.8 Å². The van der Waals surface area contributed by atoms with E-state index < -0.39 is 17.8 Å². The number of carboxylic acids is 1. The first-order valence-corrected chi connectivity index (χ1v) is 7.72. The molecule has 1 saturated carbocycles. The van der Waals surface area contributed by atoms with E-state index in [4.69, 9.17) is 5.11 Å². The Bertz CT molecular complexity index is 537. The fourth-order valence-electron chi connectivity index (χ4n) is 2.45. The summed E-state index contributed by atoms with van der Waals surface area (Å²) in [5.41, 5.74) is -1.33. The first-order valence-electron chi connectivity index (χ1n) is 6.44. The van der Waals surface area contributed by atoms with Gasteiger partial charge in [-0.25, -0.2) is 9.78 Å². The SMILES string of the molecule is CSC1CCCC1Nc1nc(C(F)(F)F)ccc1C(=O)O. The minimum absolute atomic E-state index is 0.0610. The predicted molar refractivity (Wildman–Crippen MR) is 74.8 cm³/mol. The number of alkyl halides is 3. The van der Waals surface area contributed by atoms with Crippen LogP contribution in [0.25, 0.3) is 0 Å². The third-order valence-electron chi connectivity index (χ3n) is 3.49. The molecule has 2 unspecified atom stereocenters. The molecule has 2 atom stereocenters. The second-order valence-corrected chi connectivity index (χ2v) is 5.93. The molecule has 0 saturated heterocycles. The topological polar surface area (TPSA) is 62.2 Å². The highest BCUT2D eigenvalue weighted by molar-refractivity contribution is 7.99. The minimum atomic E-state index is -4.60. The Morgan fingerprint density at radius 3 is 2.71 bits per heavy atom. The molecule has 0 radical (unpaired) electrons. The van der Waals surface area contributed by atoms with Crippen LogP contribution in [-0.4, -0.2) is 33.6 Å². The molecule has 1 aromatic rings. The van der Waals surface area contributed by atoms with E-state index in [1.54, 1.807) is 11.8 Å². The smallest absolute Gasteiger partial charge is 0.433 e. The van der Waals surface area contributed by atoms with Crippen molar-refractivity contribution in [1.29, 1.82) is 0 Å². The van der Waals surface area contributed by atoms with Crippen LogP contribution < -0.4 is 5.32 Å². The number of hydrogen-bond donors (Lipinski definition) is 2. The Kier molecular flexibility index (Phi) is 4.65. The number of thioether (sulfide) groups is 1. The lowest BCUT2D eigenvalue weighted by Gasteiger charge is -2.21. The van der Waals surface area contributed by atoms with E-state index in [9.17, 15) is 18.0 Å². The van der Waals surface area contributed by atoms with Gasteiger partial charge in [0.05, 0.1) is 0 Å². The van der Waals surface area contributed by atoms with Crippen LogP contribution in [0.15, 0.2) is 12.1 Å². The van der Waals surface area contributed by atoms with E-state index in [2.05, 4.69) is 10.3 Å². The summed E-state index contributed by atoms with van der Waals surface area (Å²) >= 11 is 1.62. The third-order valence-corrected chi connectivity index (χ3v) is 4.66. The van der Waals surface area contributed by atoms with Gasteiger partial charge in [0.1, 0.15) is 17.1 Å². The number of nitrogens with one attached hydrogen (secondary N) is 1. The first-order chi connectivity index (χ1) is 9.82. The van der Waals surface area contributed by atoms with Gasteiger partial charge in [0.15, 0.2) is 0 Å². The van der Waals surface area contributed by atoms with Gasteiger partial charge in [-0.05, 0) is 31.2 Å². The summed E-state index contributed by atoms with van der Waals surface area (Å²) in [5, 5.41) is 12.2. The highest BCUT2D eigenvalue weighted by Crippen LogP contribution is 2.33. The zero-order valence-corrected chi connectivity index (χ0v) is 12.1. The number of aromatic nitrogens is 1. The number of rotatable bonds is 4. The van der Waals surface area contributed by atoms with Crippen molar-refractivity contribution in [3.8, 4) is 0 Å². The molecule has 1 heterocycles. The van der Waals surface area contributed by atoms with Gasteiger partial charge in [-0.3, -0.25) is 0 Å². The molecule has 21 heavy (non-hydrogen) atoms. The van der Waals surface area contributed by atoms with Gasteiger partial charge in [-0.1, -0.05) is 6.42 Å². The quantitative estimate of drug-likeness (QED) is 0.889. The number of hydrogen-bond acceptors (Lipinski definition) is 4. The van der Waals surface area contributed by atoms with E-state index in [0.29, 0.717) is 6.07 Å². The second kappa shape index (κ2) is 6.13. The molecular formula is C13H15F3N2O2S. The average molecular weight is 320 g/mol. The molecule has 0 amide bonds. The number of anilines is 1. The summed E-state index contributed by atoms with van der Waals surface area (Å²) in [7, 11) is 0. The summed E-state index contributed by atoms with van der Waals surface area (Å²) in [6.07, 6.45) is 0.0532. The molecule has 0 aliphatic heterocycles. The molecule has 0 spiro atoms. The molecular weight excluding hydrogens is 305 g/mol. The maximum atomic E-state index is 12.7. The molecule has 1 aliphatic rings. The maximum absolute atomic E-state index is 12.7. The summed E-state index contributed by atoms with van der Waals surface area (Å²) in [6, 6.07) is 1.58. The van der Waals surface area contributed by atoms with Crippen LogP contribution in [0.3, 0.4) is 0 Å². The van der Waals surface area contributed by atoms with E-state index in [0.717, 1.165) is 25.3 Å². The van der Waals surface area contributed by atoms with Crippen LogP contribution in [0.1, 0.15) is 35.3 Å². The van der Waals surface area contributed by atoms with Crippen molar-refractivity contribution in [2.45, 2.75) is 36.7 Å². The maximum Gasteiger partial charge on any atom is 0.433 e. The molecule has 8 heteroatoms. The van der Waals surface area contributed by atoms with Gasteiger partial charge in [0.25, 0.3) is 0 Å². The average Bonchev–Trinajstić information content (AvgIpc) is 2.84. The predicted octanol–water partition coefficient (Wildman–Crippen LogP) is 3.49. The van der Waals surface area contributed by atoms with Crippen molar-refractivity contribution in [2.24, 2.45) is 0 Å². The summed E-state index contributed by atoms with van der Waals surface area (Å²) in [5.74, 6) is -1.50. The molecule has 116 valence electrons. The van der Waals surface area contributed by atoms with Crippen molar-refractivity contribution in [3.05, 3.63) is 23.4 Å². The molecule has 2 rings (SSSR count). The van der Waals surface area contributed by atoms with E-state index in [1.165, 1.54) is 0 Å². The van der Waals surface area contributed by atoms with Crippen molar-refractivity contribution in [2.75, 3.05) is 11.6 Å². The standard InChI is InChI=1S/C13H15F3N2O2S/c1-21-9-4-2-3-8(9)17-11-7(12(19)20)5-6-10(18-11)13(14,15)16/h5-6,8-9H,2-4H2,1H3,(H,17,18)(H,19,20). The third kappa shape index (κ3) is 3.61. The largest absolute Gasteiger partial charge is 0.478 e. The van der Waals surface area contributed by atoms with Crippen LogP contribution in [0, 0.1) is 0 Å². The van der Waals surface area contributed by atoms with Gasteiger partial charge in [0, 0.05) is 11.3 Å². The van der Waals surface area contributed by atoms with Crippen molar-refractivity contribution < 1.29 is 23.1 Å². The van der Waals surface area contributed by atoms with Gasteiger partial charge in [0.2, 0.25) is 0 Å². The van der Waals surface area contributed by atoms with Crippen molar-refractivity contribution >= 4 is 23.5 Å². The van der Waals surface area contributed by atoms with Gasteiger partial charge in [-0.2, -0.15) is 24.9 Å². The second-order valence-electron chi connectivity index (χ2n) is 4.85. The normalized spacial score (nSPS) is 22.3. The van der Waals surface area contributed by atoms with Crippen LogP contribution in [-0.2, 0) is 6.18 Å². The Labute approximate surface area is 124 Å². The number of pyridine rings is 1. The molecule has 1 aromatic heterocycles. The van der Waals surface area contributed by atoms with Crippen LogP contribution in [0.5, 0.6) is 0 Å². The Balaban J connectivity index is 2.32. The van der Waals surface area contributed by atoms with Gasteiger partial charge < -0.3 is 10.4 Å². The first kappa shape index (κ1) is 15.9. The van der Waals surface area contributed by atoms with Gasteiger partial charge in [-0.15, -0.1) is 0 Å². The van der Waals surface area contributed by atoms with E-state index >= 15 is 0 Å². The number of carboxylic acid groups (broad SMARTS) is 1. The summed E-state index contributed by atoms with van der Waals surface area (Å²) < 4.78 is 38.1. The van der Waals surface area contributed by atoms with E-state index in [1.807, 2.05) is 6.26 Å². The highest BCUT2D eigenvalue weighted by atomic mass is 32.2. The number of aromatic carboxylic acids is 1. The Morgan fingerprint density at radius 2 is 2.14 bits per heavy atom. The Morgan fingerprint density at radius 1 is 1.43 bits per heavy atom. The molecule has 0 bridgehead atoms. The van der Waals surface area contributed by atoms with Crippen molar-refractivity contribution in [1.82, 2.24) is 4.98 Å². The summed E-state index contributed by atoms with van der Waals surface area (Å²) in [4.78, 5) is 14.6. The molecule has 2 N–H and O–H groups in total. The number of nitrogens with zero attached hydrogens (tertiary/aromatic N) is 1. The molecule has 4 nitrogen and oxygen atoms in total. The minimum Gasteiger partial charge on any atom is -0.478 e.